The van der Waals surface area contributed by atoms with E-state index in [0.717, 1.165) is 41.7 Å². The minimum Gasteiger partial charge on any atom is -0.340 e. The van der Waals surface area contributed by atoms with Crippen LogP contribution in [0.3, 0.4) is 0 Å². The van der Waals surface area contributed by atoms with Gasteiger partial charge in [0.25, 0.3) is 0 Å². The van der Waals surface area contributed by atoms with Crippen molar-refractivity contribution in [2.75, 3.05) is 11.9 Å². The van der Waals surface area contributed by atoms with Gasteiger partial charge in [-0.25, -0.2) is 13.8 Å². The first-order valence-corrected chi connectivity index (χ1v) is 9.02. The normalized spacial score (nSPS) is 15.4. The Hall–Kier alpha value is -2.73. The van der Waals surface area contributed by atoms with E-state index in [4.69, 9.17) is 4.98 Å². The molecule has 1 aromatic heterocycles. The number of nitrogens with one attached hydrogen (secondary N) is 2. The van der Waals surface area contributed by atoms with Crippen molar-refractivity contribution in [3.63, 3.8) is 0 Å². The van der Waals surface area contributed by atoms with Crippen LogP contribution in [0, 0.1) is 5.82 Å². The van der Waals surface area contributed by atoms with Gasteiger partial charge in [-0.05, 0) is 55.8 Å². The van der Waals surface area contributed by atoms with Crippen molar-refractivity contribution in [3.05, 3.63) is 65.7 Å². The van der Waals surface area contributed by atoms with Gasteiger partial charge >= 0.3 is 0 Å². The number of anilines is 2. The van der Waals surface area contributed by atoms with Gasteiger partial charge in [-0.1, -0.05) is 12.1 Å². The quantitative estimate of drug-likeness (QED) is 0.699. The molecule has 6 heteroatoms. The molecule has 0 atom stereocenters. The van der Waals surface area contributed by atoms with Crippen LogP contribution >= 0.6 is 0 Å². The summed E-state index contributed by atoms with van der Waals surface area (Å²) in [4.78, 5) is 4.88. The maximum Gasteiger partial charge on any atom is 0.138 e. The fraction of sp³-hybridized carbons (Fsp3) is 0.286. The summed E-state index contributed by atoms with van der Waals surface area (Å²) in [7, 11) is 0. The van der Waals surface area contributed by atoms with Crippen molar-refractivity contribution in [1.29, 1.82) is 0 Å². The zero-order valence-corrected chi connectivity index (χ0v) is 15.4. The predicted molar refractivity (Wildman–Crippen MR) is 103 cm³/mol. The van der Waals surface area contributed by atoms with Crippen molar-refractivity contribution < 1.29 is 8.78 Å². The summed E-state index contributed by atoms with van der Waals surface area (Å²) in [6.07, 6.45) is 0. The Balaban J connectivity index is 1.85. The first-order valence-electron chi connectivity index (χ1n) is 9.02. The van der Waals surface area contributed by atoms with Gasteiger partial charge in [0.1, 0.15) is 29.8 Å². The number of imidazole rings is 1. The van der Waals surface area contributed by atoms with Gasteiger partial charge in [-0.15, -0.1) is 0 Å². The number of benzene rings is 2. The van der Waals surface area contributed by atoms with E-state index in [2.05, 4.69) is 29.0 Å². The standard InChI is InChI=1S/C21H22F2N4/c1-21(2)20-26-18(15-6-8-16(23)9-7-15)19(27(20)11-10-24-21)25-17-5-3-4-14(12-17)13-22/h3-9,12,24-25H,10-11,13H2,1-2H3. The molecule has 2 aromatic carbocycles. The highest BCUT2D eigenvalue weighted by Crippen LogP contribution is 2.36. The third-order valence-electron chi connectivity index (χ3n) is 4.89. The van der Waals surface area contributed by atoms with Crippen LogP contribution in [-0.4, -0.2) is 16.1 Å². The monoisotopic (exact) mass is 368 g/mol. The topological polar surface area (TPSA) is 41.9 Å². The number of fused-ring (bicyclic) bond motifs is 1. The first-order chi connectivity index (χ1) is 13.0. The van der Waals surface area contributed by atoms with Crippen LogP contribution in [0.1, 0.15) is 25.2 Å². The summed E-state index contributed by atoms with van der Waals surface area (Å²) in [5.41, 5.74) is 2.72. The molecule has 3 aromatic rings. The second kappa shape index (κ2) is 6.78. The minimum atomic E-state index is -0.512. The van der Waals surface area contributed by atoms with E-state index in [1.807, 2.05) is 12.1 Å². The molecule has 0 bridgehead atoms. The van der Waals surface area contributed by atoms with Gasteiger partial charge in [0.15, 0.2) is 0 Å². The fourth-order valence-corrected chi connectivity index (χ4v) is 3.51. The smallest absolute Gasteiger partial charge is 0.138 e. The van der Waals surface area contributed by atoms with Crippen LogP contribution < -0.4 is 10.6 Å². The number of hydrogen-bond acceptors (Lipinski definition) is 3. The summed E-state index contributed by atoms with van der Waals surface area (Å²) >= 11 is 0. The summed E-state index contributed by atoms with van der Waals surface area (Å²) in [6.45, 7) is 5.25. The molecule has 1 aliphatic rings. The van der Waals surface area contributed by atoms with Gasteiger partial charge in [0.05, 0.1) is 5.54 Å². The number of rotatable bonds is 4. The third-order valence-corrected chi connectivity index (χ3v) is 4.89. The lowest BCUT2D eigenvalue weighted by molar-refractivity contribution is 0.317. The summed E-state index contributed by atoms with van der Waals surface area (Å²) in [5.74, 6) is 1.47. The van der Waals surface area contributed by atoms with Crippen molar-refractivity contribution in [2.45, 2.75) is 32.6 Å². The molecular weight excluding hydrogens is 346 g/mol. The molecule has 4 rings (SSSR count). The lowest BCUT2D eigenvalue weighted by Gasteiger charge is -2.32. The molecule has 0 saturated heterocycles. The molecule has 0 spiro atoms. The Morgan fingerprint density at radius 1 is 1.19 bits per heavy atom. The average molecular weight is 368 g/mol. The van der Waals surface area contributed by atoms with Gasteiger partial charge in [-0.3, -0.25) is 0 Å². The van der Waals surface area contributed by atoms with Crippen LogP contribution in [0.15, 0.2) is 48.5 Å². The van der Waals surface area contributed by atoms with Gasteiger partial charge in [-0.2, -0.15) is 0 Å². The number of hydrogen-bond donors (Lipinski definition) is 2. The Bertz CT molecular complexity index is 961. The van der Waals surface area contributed by atoms with E-state index < -0.39 is 6.67 Å². The van der Waals surface area contributed by atoms with E-state index in [1.54, 1.807) is 24.3 Å². The zero-order valence-electron chi connectivity index (χ0n) is 15.4. The van der Waals surface area contributed by atoms with Gasteiger partial charge < -0.3 is 15.2 Å². The highest BCUT2D eigenvalue weighted by molar-refractivity contribution is 5.77. The molecule has 27 heavy (non-hydrogen) atoms. The van der Waals surface area contributed by atoms with Gasteiger partial charge in [0.2, 0.25) is 0 Å². The molecule has 0 saturated carbocycles. The van der Waals surface area contributed by atoms with E-state index in [0.29, 0.717) is 5.56 Å². The molecule has 0 amide bonds. The first kappa shape index (κ1) is 17.7. The summed E-state index contributed by atoms with van der Waals surface area (Å²) < 4.78 is 28.6. The minimum absolute atomic E-state index is 0.283. The summed E-state index contributed by atoms with van der Waals surface area (Å²) in [5, 5.41) is 6.90. The average Bonchev–Trinajstić information content (AvgIpc) is 3.02. The maximum atomic E-state index is 13.4. The molecular formula is C21H22F2N4. The SMILES string of the molecule is CC1(C)NCCn2c1nc(-c1ccc(F)cc1)c2Nc1cccc(CF)c1. The molecule has 0 fully saturated rings. The largest absolute Gasteiger partial charge is 0.340 e. The maximum absolute atomic E-state index is 13.4. The fourth-order valence-electron chi connectivity index (χ4n) is 3.51. The summed E-state index contributed by atoms with van der Waals surface area (Å²) in [6, 6.07) is 13.6. The Kier molecular flexibility index (Phi) is 4.44. The van der Waals surface area contributed by atoms with E-state index in [9.17, 15) is 8.78 Å². The molecule has 2 N–H and O–H groups in total. The molecule has 2 heterocycles. The molecule has 140 valence electrons. The van der Waals surface area contributed by atoms with Crippen LogP contribution in [0.5, 0.6) is 0 Å². The molecule has 1 aliphatic heterocycles. The Labute approximate surface area is 157 Å². The number of nitrogens with zero attached hydrogens (tertiary/aromatic N) is 2. The van der Waals surface area contributed by atoms with Crippen molar-refractivity contribution >= 4 is 11.5 Å². The highest BCUT2D eigenvalue weighted by atomic mass is 19.1. The molecule has 0 aliphatic carbocycles. The number of halogens is 2. The van der Waals surface area contributed by atoms with Gasteiger partial charge in [0, 0.05) is 24.3 Å². The highest BCUT2D eigenvalue weighted by Gasteiger charge is 2.33. The van der Waals surface area contributed by atoms with Crippen molar-refractivity contribution in [2.24, 2.45) is 0 Å². The molecule has 0 unspecified atom stereocenters. The van der Waals surface area contributed by atoms with Crippen molar-refractivity contribution in [1.82, 2.24) is 14.9 Å². The third kappa shape index (κ3) is 3.32. The van der Waals surface area contributed by atoms with Crippen molar-refractivity contribution in [3.8, 4) is 11.3 Å². The van der Waals surface area contributed by atoms with E-state index in [-0.39, 0.29) is 11.4 Å². The Morgan fingerprint density at radius 3 is 2.70 bits per heavy atom. The second-order valence-corrected chi connectivity index (χ2v) is 7.30. The van der Waals surface area contributed by atoms with Crippen LogP contribution in [0.2, 0.25) is 0 Å². The van der Waals surface area contributed by atoms with Crippen LogP contribution in [-0.2, 0) is 18.8 Å². The molecule has 0 radical (unpaired) electrons. The van der Waals surface area contributed by atoms with Crippen LogP contribution in [0.4, 0.5) is 20.3 Å². The van der Waals surface area contributed by atoms with E-state index >= 15 is 0 Å². The lowest BCUT2D eigenvalue weighted by atomic mass is 10.0. The number of alkyl halides is 1. The van der Waals surface area contributed by atoms with Crippen LogP contribution in [0.25, 0.3) is 11.3 Å². The number of aromatic nitrogens is 2. The zero-order chi connectivity index (χ0) is 19.0. The molecule has 4 nitrogen and oxygen atoms in total. The Morgan fingerprint density at radius 2 is 1.96 bits per heavy atom. The lowest BCUT2D eigenvalue weighted by Crippen LogP contribution is -2.45. The predicted octanol–water partition coefficient (Wildman–Crippen LogP) is 4.74. The second-order valence-electron chi connectivity index (χ2n) is 7.30. The van der Waals surface area contributed by atoms with E-state index in [1.165, 1.54) is 12.1 Å².